The molecule has 1 saturated heterocycles. The molecule has 0 atom stereocenters. The Morgan fingerprint density at radius 2 is 2.11 bits per heavy atom. The van der Waals surface area contributed by atoms with E-state index in [1.54, 1.807) is 0 Å². The smallest absolute Gasteiger partial charge is 0.245 e. The van der Waals surface area contributed by atoms with E-state index in [0.717, 1.165) is 45.4 Å². The first-order chi connectivity index (χ1) is 8.83. The molecular weight excluding hydrogens is 232 g/mol. The molecule has 2 N–H and O–H groups in total. The van der Waals surface area contributed by atoms with Crippen LogP contribution in [-0.4, -0.2) is 51.5 Å². The van der Waals surface area contributed by atoms with Crippen LogP contribution in [0.4, 0.5) is 0 Å². The zero-order valence-electron chi connectivity index (χ0n) is 11.4. The topological polar surface area (TPSA) is 59.6 Å². The number of rotatable bonds is 9. The molecule has 0 aliphatic carbocycles. The fourth-order valence-corrected chi connectivity index (χ4v) is 1.87. The standard InChI is InChI=1S/C13H26N2O3/c1-2-9-17-11-13(16)15-6-3-10-18-12-4-7-14-8-5-12/h12,14H,2-11H2,1H3,(H,15,16). The predicted molar refractivity (Wildman–Crippen MR) is 70.6 cm³/mol. The van der Waals surface area contributed by atoms with E-state index in [0.29, 0.717) is 19.3 Å². The molecule has 0 aromatic carbocycles. The van der Waals surface area contributed by atoms with Crippen LogP contribution in [0.5, 0.6) is 0 Å². The maximum Gasteiger partial charge on any atom is 0.245 e. The Balaban J connectivity index is 1.86. The van der Waals surface area contributed by atoms with Crippen molar-refractivity contribution in [1.82, 2.24) is 10.6 Å². The number of hydrogen-bond acceptors (Lipinski definition) is 4. The van der Waals surface area contributed by atoms with Gasteiger partial charge in [0.25, 0.3) is 0 Å². The zero-order valence-corrected chi connectivity index (χ0v) is 11.4. The Labute approximate surface area is 110 Å². The van der Waals surface area contributed by atoms with Crippen LogP contribution in [0.15, 0.2) is 0 Å². The lowest BCUT2D eigenvalue weighted by Crippen LogP contribution is -2.33. The number of carbonyl (C=O) groups is 1. The highest BCUT2D eigenvalue weighted by atomic mass is 16.5. The molecule has 0 unspecified atom stereocenters. The van der Waals surface area contributed by atoms with Crippen molar-refractivity contribution in [3.05, 3.63) is 0 Å². The summed E-state index contributed by atoms with van der Waals surface area (Å²) in [5.74, 6) is -0.0367. The largest absolute Gasteiger partial charge is 0.378 e. The molecule has 5 heteroatoms. The second-order valence-corrected chi connectivity index (χ2v) is 4.58. The third-order valence-electron chi connectivity index (χ3n) is 2.86. The third-order valence-corrected chi connectivity index (χ3v) is 2.86. The summed E-state index contributed by atoms with van der Waals surface area (Å²) in [6.07, 6.45) is 4.39. The Bertz CT molecular complexity index is 218. The summed E-state index contributed by atoms with van der Waals surface area (Å²) < 4.78 is 10.9. The van der Waals surface area contributed by atoms with Crippen LogP contribution in [0.3, 0.4) is 0 Å². The van der Waals surface area contributed by atoms with Crippen molar-refractivity contribution in [3.63, 3.8) is 0 Å². The molecule has 0 aromatic rings. The fraction of sp³-hybridized carbons (Fsp3) is 0.923. The van der Waals surface area contributed by atoms with Crippen molar-refractivity contribution in [2.24, 2.45) is 0 Å². The third kappa shape index (κ3) is 7.63. The van der Waals surface area contributed by atoms with Crippen LogP contribution >= 0.6 is 0 Å². The lowest BCUT2D eigenvalue weighted by Gasteiger charge is -2.22. The number of nitrogens with one attached hydrogen (secondary N) is 2. The van der Waals surface area contributed by atoms with Crippen LogP contribution < -0.4 is 10.6 Å². The zero-order chi connectivity index (χ0) is 13.1. The summed E-state index contributed by atoms with van der Waals surface area (Å²) in [5, 5.41) is 6.13. The number of hydrogen-bond donors (Lipinski definition) is 2. The van der Waals surface area contributed by atoms with Crippen LogP contribution in [0.25, 0.3) is 0 Å². The number of ether oxygens (including phenoxy) is 2. The predicted octanol–water partition coefficient (Wildman–Crippen LogP) is 0.688. The fourth-order valence-electron chi connectivity index (χ4n) is 1.87. The molecule has 0 aromatic heterocycles. The summed E-state index contributed by atoms with van der Waals surface area (Å²) in [7, 11) is 0. The van der Waals surface area contributed by atoms with Crippen LogP contribution in [0, 0.1) is 0 Å². The second-order valence-electron chi connectivity index (χ2n) is 4.58. The van der Waals surface area contributed by atoms with Gasteiger partial charge in [-0.15, -0.1) is 0 Å². The summed E-state index contributed by atoms with van der Waals surface area (Å²) in [6, 6.07) is 0. The lowest BCUT2D eigenvalue weighted by atomic mass is 10.1. The van der Waals surface area contributed by atoms with Gasteiger partial charge in [0, 0.05) is 19.8 Å². The molecule has 1 aliphatic heterocycles. The maximum absolute atomic E-state index is 11.3. The Morgan fingerprint density at radius 3 is 2.83 bits per heavy atom. The molecule has 1 heterocycles. The van der Waals surface area contributed by atoms with Gasteiger partial charge in [-0.2, -0.15) is 0 Å². The van der Waals surface area contributed by atoms with Crippen molar-refractivity contribution in [2.45, 2.75) is 38.7 Å². The molecule has 106 valence electrons. The number of amides is 1. The highest BCUT2D eigenvalue weighted by Gasteiger charge is 2.12. The molecule has 0 saturated carbocycles. The molecule has 1 amide bonds. The average molecular weight is 258 g/mol. The van der Waals surface area contributed by atoms with Crippen LogP contribution in [-0.2, 0) is 14.3 Å². The van der Waals surface area contributed by atoms with Gasteiger partial charge in [-0.1, -0.05) is 6.92 Å². The first-order valence-corrected chi connectivity index (χ1v) is 6.99. The van der Waals surface area contributed by atoms with Gasteiger partial charge < -0.3 is 20.1 Å². The average Bonchev–Trinajstić information content (AvgIpc) is 2.40. The van der Waals surface area contributed by atoms with E-state index >= 15 is 0 Å². The molecule has 0 spiro atoms. The Kier molecular flexibility index (Phi) is 8.81. The number of carbonyl (C=O) groups excluding carboxylic acids is 1. The minimum Gasteiger partial charge on any atom is -0.378 e. The monoisotopic (exact) mass is 258 g/mol. The quantitative estimate of drug-likeness (QED) is 0.597. The first kappa shape index (κ1) is 15.4. The van der Waals surface area contributed by atoms with Crippen LogP contribution in [0.2, 0.25) is 0 Å². The number of piperidine rings is 1. The lowest BCUT2D eigenvalue weighted by molar-refractivity contribution is -0.125. The summed E-state index contributed by atoms with van der Waals surface area (Å²) >= 11 is 0. The van der Waals surface area contributed by atoms with Gasteiger partial charge >= 0.3 is 0 Å². The van der Waals surface area contributed by atoms with E-state index in [2.05, 4.69) is 10.6 Å². The van der Waals surface area contributed by atoms with Gasteiger partial charge in [0.2, 0.25) is 5.91 Å². The van der Waals surface area contributed by atoms with E-state index in [4.69, 9.17) is 9.47 Å². The maximum atomic E-state index is 11.3. The molecule has 0 bridgehead atoms. The van der Waals surface area contributed by atoms with E-state index in [-0.39, 0.29) is 12.5 Å². The van der Waals surface area contributed by atoms with Gasteiger partial charge in [0.05, 0.1) is 6.10 Å². The van der Waals surface area contributed by atoms with Gasteiger partial charge in [-0.25, -0.2) is 0 Å². The van der Waals surface area contributed by atoms with Crippen molar-refractivity contribution in [1.29, 1.82) is 0 Å². The van der Waals surface area contributed by atoms with E-state index < -0.39 is 0 Å². The first-order valence-electron chi connectivity index (χ1n) is 6.99. The van der Waals surface area contributed by atoms with E-state index in [9.17, 15) is 4.79 Å². The Hall–Kier alpha value is -0.650. The van der Waals surface area contributed by atoms with E-state index in [1.807, 2.05) is 6.92 Å². The highest BCUT2D eigenvalue weighted by Crippen LogP contribution is 2.06. The normalized spacial score (nSPS) is 16.7. The van der Waals surface area contributed by atoms with E-state index in [1.165, 1.54) is 0 Å². The minimum absolute atomic E-state index is 0.0367. The summed E-state index contributed by atoms with van der Waals surface area (Å²) in [5.41, 5.74) is 0. The van der Waals surface area contributed by atoms with Crippen molar-refractivity contribution < 1.29 is 14.3 Å². The molecule has 0 radical (unpaired) electrons. The van der Waals surface area contributed by atoms with Gasteiger partial charge in [-0.3, -0.25) is 4.79 Å². The molecular formula is C13H26N2O3. The van der Waals surface area contributed by atoms with Crippen molar-refractivity contribution in [3.8, 4) is 0 Å². The minimum atomic E-state index is -0.0367. The summed E-state index contributed by atoms with van der Waals surface area (Å²) in [6.45, 7) is 6.33. The van der Waals surface area contributed by atoms with Gasteiger partial charge in [-0.05, 0) is 38.8 Å². The molecule has 5 nitrogen and oxygen atoms in total. The van der Waals surface area contributed by atoms with Crippen LogP contribution in [0.1, 0.15) is 32.6 Å². The Morgan fingerprint density at radius 1 is 1.33 bits per heavy atom. The highest BCUT2D eigenvalue weighted by molar-refractivity contribution is 5.77. The van der Waals surface area contributed by atoms with Crippen molar-refractivity contribution in [2.75, 3.05) is 39.5 Å². The second kappa shape index (κ2) is 10.3. The molecule has 1 aliphatic rings. The molecule has 1 fully saturated rings. The molecule has 18 heavy (non-hydrogen) atoms. The van der Waals surface area contributed by atoms with Gasteiger partial charge in [0.1, 0.15) is 6.61 Å². The van der Waals surface area contributed by atoms with Gasteiger partial charge in [0.15, 0.2) is 0 Å². The summed E-state index contributed by atoms with van der Waals surface area (Å²) in [4.78, 5) is 11.3. The SMILES string of the molecule is CCCOCC(=O)NCCCOC1CCNCC1. The van der Waals surface area contributed by atoms with Crippen molar-refractivity contribution >= 4 is 5.91 Å². The molecule has 1 rings (SSSR count).